The van der Waals surface area contributed by atoms with Crippen LogP contribution in [0.3, 0.4) is 0 Å². The van der Waals surface area contributed by atoms with Gasteiger partial charge < -0.3 is 0 Å². The number of hydrogen-bond donors (Lipinski definition) is 0. The summed E-state index contributed by atoms with van der Waals surface area (Å²) in [6.07, 6.45) is 0. The van der Waals surface area contributed by atoms with E-state index in [1.165, 1.54) is 33.4 Å². The van der Waals surface area contributed by atoms with Crippen molar-refractivity contribution in [2.75, 3.05) is 0 Å². The molecule has 9 aromatic rings. The number of aromatic nitrogens is 3. The van der Waals surface area contributed by atoms with Crippen LogP contribution in [0.15, 0.2) is 146 Å². The number of benzene rings is 6. The maximum Gasteiger partial charge on any atom is 3.00 e. The molecular weight excluding hydrogens is 847 g/mol. The molecule has 0 aliphatic rings. The van der Waals surface area contributed by atoms with Crippen molar-refractivity contribution < 1.29 is 20.1 Å². The first kappa shape index (κ1) is 38.9. The average molecular weight is 889 g/mol. The zero-order chi connectivity index (χ0) is 37.6. The number of rotatable bonds is 3. The Kier molecular flexibility index (Phi) is 12.4. The molecule has 3 nitrogen and oxygen atoms in total. The third kappa shape index (κ3) is 9.85. The molecule has 0 atom stereocenters. The van der Waals surface area contributed by atoms with E-state index in [-0.39, 0.29) is 20.1 Å². The molecule has 0 saturated heterocycles. The molecular formula is C51H42IrN3. The summed E-state index contributed by atoms with van der Waals surface area (Å²) in [5.41, 5.74) is 16.6. The van der Waals surface area contributed by atoms with E-state index in [0.717, 1.165) is 66.5 Å². The SMILES string of the molecule is Cc1cccc(-c2[c-]cc3ccc(C)cc3n2)c1.Cc1cccc(-c2[c-]cc3ccc(C)cc3n2)c1.Cc1cccc(-c2[c-]cc3ccc(C)cc3n2)c1.[Ir+3]. The Morgan fingerprint density at radius 1 is 0.327 bits per heavy atom. The molecule has 3 aromatic heterocycles. The van der Waals surface area contributed by atoms with E-state index < -0.39 is 0 Å². The number of pyridine rings is 3. The van der Waals surface area contributed by atoms with Crippen LogP contribution in [0.25, 0.3) is 66.5 Å². The first-order chi connectivity index (χ1) is 26.2. The standard InChI is InChI=1S/3C17H14N.Ir/c3*1-12-4-3-5-15(10-12)16-9-8-14-7-6-13(2)11-17(14)18-16;/h3*3-8,10-11H,1-2H3;/q3*-1;+3. The predicted molar refractivity (Wildman–Crippen MR) is 226 cm³/mol. The van der Waals surface area contributed by atoms with Gasteiger partial charge in [-0.15, -0.1) is 54.6 Å². The number of nitrogens with zero attached hydrogens (tertiary/aromatic N) is 3. The molecule has 9 rings (SSSR count). The Morgan fingerprint density at radius 3 is 0.873 bits per heavy atom. The van der Waals surface area contributed by atoms with Gasteiger partial charge in [0.25, 0.3) is 0 Å². The molecule has 3 heterocycles. The zero-order valence-corrected chi connectivity index (χ0v) is 34.4. The van der Waals surface area contributed by atoms with Crippen molar-refractivity contribution in [1.29, 1.82) is 0 Å². The monoisotopic (exact) mass is 889 g/mol. The van der Waals surface area contributed by atoms with Crippen molar-refractivity contribution in [3.63, 3.8) is 0 Å². The molecule has 0 aliphatic carbocycles. The van der Waals surface area contributed by atoms with Crippen LogP contribution in [-0.4, -0.2) is 15.0 Å². The van der Waals surface area contributed by atoms with Crippen LogP contribution in [0.1, 0.15) is 33.4 Å². The van der Waals surface area contributed by atoms with Crippen LogP contribution in [0.4, 0.5) is 0 Å². The number of hydrogen-bond acceptors (Lipinski definition) is 3. The van der Waals surface area contributed by atoms with Gasteiger partial charge in [-0.1, -0.05) is 121 Å². The second kappa shape index (κ2) is 17.6. The first-order valence-corrected chi connectivity index (χ1v) is 18.3. The summed E-state index contributed by atoms with van der Waals surface area (Å²) < 4.78 is 0. The second-order valence-corrected chi connectivity index (χ2v) is 14.0. The minimum absolute atomic E-state index is 0. The first-order valence-electron chi connectivity index (χ1n) is 18.3. The van der Waals surface area contributed by atoms with Gasteiger partial charge in [-0.05, 0) is 76.8 Å². The van der Waals surface area contributed by atoms with Crippen molar-refractivity contribution >= 4 is 32.7 Å². The molecule has 0 radical (unpaired) electrons. The fraction of sp³-hybridized carbons (Fsp3) is 0.118. The van der Waals surface area contributed by atoms with E-state index in [4.69, 9.17) is 15.0 Å². The molecule has 0 fully saturated rings. The minimum Gasteiger partial charge on any atom is -0.288 e. The van der Waals surface area contributed by atoms with Crippen molar-refractivity contribution in [3.05, 3.63) is 197 Å². The van der Waals surface area contributed by atoms with Crippen LogP contribution in [0.2, 0.25) is 0 Å². The molecule has 270 valence electrons. The summed E-state index contributed by atoms with van der Waals surface area (Å²) in [5.74, 6) is 0. The molecule has 0 saturated carbocycles. The molecule has 55 heavy (non-hydrogen) atoms. The molecule has 0 spiro atoms. The van der Waals surface area contributed by atoms with Crippen LogP contribution in [0.5, 0.6) is 0 Å². The summed E-state index contributed by atoms with van der Waals surface area (Å²) in [5, 5.41) is 3.41. The summed E-state index contributed by atoms with van der Waals surface area (Å²) in [4.78, 5) is 14.1. The van der Waals surface area contributed by atoms with Crippen molar-refractivity contribution in [2.45, 2.75) is 41.5 Å². The third-order valence-electron chi connectivity index (χ3n) is 9.22. The predicted octanol–water partition coefficient (Wildman–Crippen LogP) is 13.0. The smallest absolute Gasteiger partial charge is 0.288 e. The van der Waals surface area contributed by atoms with Crippen LogP contribution in [-0.2, 0) is 20.1 Å². The van der Waals surface area contributed by atoms with Gasteiger partial charge >= 0.3 is 20.1 Å². The molecule has 0 amide bonds. The van der Waals surface area contributed by atoms with E-state index in [9.17, 15) is 0 Å². The van der Waals surface area contributed by atoms with Gasteiger partial charge in [0.2, 0.25) is 0 Å². The van der Waals surface area contributed by atoms with E-state index >= 15 is 0 Å². The summed E-state index contributed by atoms with van der Waals surface area (Å²) in [7, 11) is 0. The van der Waals surface area contributed by atoms with E-state index in [1.807, 2.05) is 18.2 Å². The largest absolute Gasteiger partial charge is 3.00 e. The molecule has 4 heteroatoms. The van der Waals surface area contributed by atoms with Crippen molar-refractivity contribution in [2.24, 2.45) is 0 Å². The van der Waals surface area contributed by atoms with E-state index in [1.54, 1.807) is 0 Å². The normalized spacial score (nSPS) is 10.6. The van der Waals surface area contributed by atoms with Crippen molar-refractivity contribution in [1.82, 2.24) is 15.0 Å². The third-order valence-corrected chi connectivity index (χ3v) is 9.22. The molecule has 0 N–H and O–H groups in total. The summed E-state index contributed by atoms with van der Waals surface area (Å²) >= 11 is 0. The van der Waals surface area contributed by atoms with E-state index in [0.29, 0.717) is 0 Å². The minimum atomic E-state index is 0. The quantitative estimate of drug-likeness (QED) is 0.166. The van der Waals surface area contributed by atoms with Crippen LogP contribution in [0, 0.1) is 59.7 Å². The van der Waals surface area contributed by atoms with Gasteiger partial charge in [0.1, 0.15) is 0 Å². The molecule has 0 unspecified atom stereocenters. The Bertz CT molecular complexity index is 2450. The fourth-order valence-corrected chi connectivity index (χ4v) is 6.33. The van der Waals surface area contributed by atoms with Gasteiger partial charge in [-0.2, -0.15) is 36.4 Å². The van der Waals surface area contributed by atoms with Gasteiger partial charge in [0, 0.05) is 16.6 Å². The topological polar surface area (TPSA) is 38.7 Å². The maximum atomic E-state index is 4.69. The van der Waals surface area contributed by atoms with Gasteiger partial charge in [0.05, 0.1) is 0 Å². The summed E-state index contributed by atoms with van der Waals surface area (Å²) in [6, 6.07) is 59.8. The van der Waals surface area contributed by atoms with Gasteiger partial charge in [-0.25, -0.2) is 0 Å². The van der Waals surface area contributed by atoms with Crippen molar-refractivity contribution in [3.8, 4) is 33.8 Å². The Labute approximate surface area is 338 Å². The number of fused-ring (bicyclic) bond motifs is 3. The van der Waals surface area contributed by atoms with Gasteiger partial charge in [-0.3, -0.25) is 15.0 Å². The molecule has 0 aliphatic heterocycles. The second-order valence-electron chi connectivity index (χ2n) is 14.0. The number of aryl methyl sites for hydroxylation is 6. The Morgan fingerprint density at radius 2 is 0.600 bits per heavy atom. The van der Waals surface area contributed by atoms with E-state index in [2.05, 4.69) is 187 Å². The average Bonchev–Trinajstić information content (AvgIpc) is 3.17. The van der Waals surface area contributed by atoms with Crippen LogP contribution >= 0.6 is 0 Å². The van der Waals surface area contributed by atoms with Crippen LogP contribution < -0.4 is 0 Å². The maximum absolute atomic E-state index is 4.69. The fourth-order valence-electron chi connectivity index (χ4n) is 6.33. The molecule has 6 aromatic carbocycles. The Balaban J connectivity index is 0.000000139. The van der Waals surface area contributed by atoms with Gasteiger partial charge in [0.15, 0.2) is 0 Å². The zero-order valence-electron chi connectivity index (χ0n) is 32.0. The Hall–Kier alpha value is -5.80. The summed E-state index contributed by atoms with van der Waals surface area (Å²) in [6.45, 7) is 12.5. The molecule has 0 bridgehead atoms.